The van der Waals surface area contributed by atoms with Crippen molar-refractivity contribution in [1.29, 1.82) is 0 Å². The minimum absolute atomic E-state index is 0.219. The van der Waals surface area contributed by atoms with Gasteiger partial charge >= 0.3 is 5.69 Å². The summed E-state index contributed by atoms with van der Waals surface area (Å²) in [4.78, 5) is 28.0. The quantitative estimate of drug-likeness (QED) is 0.506. The van der Waals surface area contributed by atoms with E-state index >= 15 is 0 Å². The van der Waals surface area contributed by atoms with Gasteiger partial charge in [0.1, 0.15) is 0 Å². The second kappa shape index (κ2) is 3.86. The molecule has 3 aromatic rings. The van der Waals surface area contributed by atoms with Gasteiger partial charge in [-0.3, -0.25) is 24.2 Å². The molecule has 0 aromatic carbocycles. The Balaban J connectivity index is 2.29. The molecule has 0 bridgehead atoms. The van der Waals surface area contributed by atoms with E-state index in [1.807, 2.05) is 0 Å². The molecule has 10 heteroatoms. The van der Waals surface area contributed by atoms with Gasteiger partial charge in [-0.2, -0.15) is 5.21 Å². The van der Waals surface area contributed by atoms with Crippen molar-refractivity contribution in [2.45, 2.75) is 6.54 Å². The molecule has 0 saturated carbocycles. The molecular weight excluding hydrogens is 252 g/mol. The van der Waals surface area contributed by atoms with Gasteiger partial charge in [-0.15, -0.1) is 0 Å². The Morgan fingerprint density at radius 2 is 2.05 bits per heavy atom. The van der Waals surface area contributed by atoms with Crippen LogP contribution in [0.2, 0.25) is 0 Å². The fourth-order valence-electron chi connectivity index (χ4n) is 1.90. The van der Waals surface area contributed by atoms with Crippen LogP contribution in [0.15, 0.2) is 15.9 Å². The summed E-state index contributed by atoms with van der Waals surface area (Å²) in [6.07, 6.45) is 1.46. The van der Waals surface area contributed by atoms with Crippen LogP contribution in [0.4, 0.5) is 0 Å². The Morgan fingerprint density at radius 3 is 2.74 bits per heavy atom. The molecule has 0 aliphatic rings. The average Bonchev–Trinajstić information content (AvgIpc) is 3.04. The van der Waals surface area contributed by atoms with Crippen LogP contribution in [0.3, 0.4) is 0 Å². The highest BCUT2D eigenvalue weighted by atomic mass is 16.2. The lowest BCUT2D eigenvalue weighted by Crippen LogP contribution is -2.37. The minimum atomic E-state index is -0.421. The Kier molecular flexibility index (Phi) is 2.30. The van der Waals surface area contributed by atoms with Gasteiger partial charge in [-0.25, -0.2) is 9.78 Å². The van der Waals surface area contributed by atoms with Gasteiger partial charge in [0.05, 0.1) is 12.9 Å². The topological polar surface area (TPSA) is 115 Å². The molecule has 0 saturated heterocycles. The maximum atomic E-state index is 12.1. The molecule has 0 fully saturated rings. The summed E-state index contributed by atoms with van der Waals surface area (Å²) in [5.41, 5.74) is -0.200. The summed E-state index contributed by atoms with van der Waals surface area (Å²) in [7, 11) is 2.98. The van der Waals surface area contributed by atoms with Crippen molar-refractivity contribution in [2.24, 2.45) is 14.1 Å². The summed E-state index contributed by atoms with van der Waals surface area (Å²) in [6, 6.07) is 0. The van der Waals surface area contributed by atoms with Crippen LogP contribution >= 0.6 is 0 Å². The molecule has 0 unspecified atom stereocenters. The normalized spacial score (nSPS) is 11.3. The summed E-state index contributed by atoms with van der Waals surface area (Å²) in [5, 5.41) is 14.1. The first-order valence-electron chi connectivity index (χ1n) is 5.38. The van der Waals surface area contributed by atoms with Crippen molar-refractivity contribution >= 4 is 11.2 Å². The molecule has 19 heavy (non-hydrogen) atoms. The third-order valence-electron chi connectivity index (χ3n) is 2.89. The van der Waals surface area contributed by atoms with Crippen LogP contribution in [-0.4, -0.2) is 34.2 Å². The Morgan fingerprint density at radius 1 is 1.26 bits per heavy atom. The monoisotopic (exact) mass is 261 g/mol. The molecule has 0 spiro atoms. The van der Waals surface area contributed by atoms with Crippen molar-refractivity contribution < 1.29 is 0 Å². The maximum absolute atomic E-state index is 12.1. The van der Waals surface area contributed by atoms with Crippen LogP contribution < -0.4 is 16.3 Å². The fraction of sp³-hybridized carbons (Fsp3) is 0.333. The molecule has 0 aliphatic heterocycles. The fourth-order valence-corrected chi connectivity index (χ4v) is 1.90. The summed E-state index contributed by atoms with van der Waals surface area (Å²) in [6.45, 7) is 0.219. The lowest BCUT2D eigenvalue weighted by atomic mass is 10.5. The van der Waals surface area contributed by atoms with E-state index in [0.717, 1.165) is 4.57 Å². The van der Waals surface area contributed by atoms with E-state index in [2.05, 4.69) is 25.6 Å². The molecule has 98 valence electrons. The predicted octanol–water partition coefficient (Wildman–Crippen LogP) is -2.38. The summed E-state index contributed by atoms with van der Waals surface area (Å²) < 4.78 is 3.91. The number of fused-ring (bicyclic) bond motifs is 1. The number of nitrogens with zero attached hydrogens (tertiary/aromatic N) is 8. The number of imidazole rings is 1. The molecule has 3 rings (SSSR count). The third-order valence-corrected chi connectivity index (χ3v) is 2.89. The summed E-state index contributed by atoms with van der Waals surface area (Å²) in [5.74, 6) is 0.371. The highest BCUT2D eigenvalue weighted by Crippen LogP contribution is 2.06. The van der Waals surface area contributed by atoms with Crippen molar-refractivity contribution in [3.8, 4) is 0 Å². The van der Waals surface area contributed by atoms with Crippen LogP contribution in [0, 0.1) is 0 Å². The molecule has 0 atom stereocenters. The molecule has 0 radical (unpaired) electrons. The van der Waals surface area contributed by atoms with Crippen molar-refractivity contribution in [1.82, 2.24) is 39.3 Å². The number of aryl methyl sites for hydroxylation is 1. The standard InChI is InChI=1S/C9H9N8O2/c1-15-7-6(8(18)16(2)9(15)19)17(4-10-7)3-5-11-13-14-12-5/h4H,3H2,1-2H3/q-1. The zero-order chi connectivity index (χ0) is 13.6. The van der Waals surface area contributed by atoms with Crippen molar-refractivity contribution in [3.63, 3.8) is 0 Å². The first kappa shape index (κ1) is 11.3. The number of aromatic nitrogens is 8. The van der Waals surface area contributed by atoms with Gasteiger partial charge in [0.2, 0.25) is 0 Å². The second-order valence-corrected chi connectivity index (χ2v) is 4.05. The highest BCUT2D eigenvalue weighted by molar-refractivity contribution is 5.70. The third kappa shape index (κ3) is 1.57. The SMILES string of the molecule is Cn1c(=O)c2c(ncn2Cc2nnn[n-]2)n(C)c1=O. The zero-order valence-electron chi connectivity index (χ0n) is 10.2. The first-order chi connectivity index (χ1) is 9.09. The molecule has 0 aliphatic carbocycles. The van der Waals surface area contributed by atoms with E-state index in [-0.39, 0.29) is 6.54 Å². The average molecular weight is 261 g/mol. The molecule has 3 heterocycles. The lowest BCUT2D eigenvalue weighted by molar-refractivity contribution is 0.698. The number of tetrazole rings is 1. The molecule has 0 amide bonds. The summed E-state index contributed by atoms with van der Waals surface area (Å²) >= 11 is 0. The maximum Gasteiger partial charge on any atom is 0.332 e. The molecular formula is C9H9N8O2-. The first-order valence-corrected chi connectivity index (χ1v) is 5.38. The lowest BCUT2D eigenvalue weighted by Gasteiger charge is -2.06. The predicted molar refractivity (Wildman–Crippen MR) is 62.5 cm³/mol. The van der Waals surface area contributed by atoms with Gasteiger partial charge in [-0.1, -0.05) is 0 Å². The largest absolute Gasteiger partial charge is 0.334 e. The number of rotatable bonds is 2. The zero-order valence-corrected chi connectivity index (χ0v) is 10.2. The van der Waals surface area contributed by atoms with Crippen LogP contribution in [0.1, 0.15) is 5.82 Å². The van der Waals surface area contributed by atoms with Crippen LogP contribution in [-0.2, 0) is 20.6 Å². The molecule has 10 nitrogen and oxygen atoms in total. The van der Waals surface area contributed by atoms with E-state index in [4.69, 9.17) is 0 Å². The Hall–Kier alpha value is -2.78. The minimum Gasteiger partial charge on any atom is -0.334 e. The van der Waals surface area contributed by atoms with E-state index in [1.165, 1.54) is 17.9 Å². The van der Waals surface area contributed by atoms with Crippen molar-refractivity contribution in [2.75, 3.05) is 0 Å². The van der Waals surface area contributed by atoms with Gasteiger partial charge in [-0.05, 0) is 0 Å². The smallest absolute Gasteiger partial charge is 0.332 e. The van der Waals surface area contributed by atoms with E-state index in [1.54, 1.807) is 11.6 Å². The van der Waals surface area contributed by atoms with E-state index < -0.39 is 11.2 Å². The van der Waals surface area contributed by atoms with Gasteiger partial charge in [0, 0.05) is 19.9 Å². The second-order valence-electron chi connectivity index (χ2n) is 4.05. The Bertz CT molecular complexity index is 853. The number of hydrogen-bond donors (Lipinski definition) is 0. The highest BCUT2D eigenvalue weighted by Gasteiger charge is 2.13. The van der Waals surface area contributed by atoms with Gasteiger partial charge in [0.25, 0.3) is 5.56 Å². The molecule has 3 aromatic heterocycles. The Labute approximate surface area is 105 Å². The van der Waals surface area contributed by atoms with E-state index in [9.17, 15) is 9.59 Å². The molecule has 0 N–H and O–H groups in total. The van der Waals surface area contributed by atoms with Crippen LogP contribution in [0.5, 0.6) is 0 Å². The number of hydrogen-bond acceptors (Lipinski definition) is 6. The van der Waals surface area contributed by atoms with Crippen molar-refractivity contribution in [3.05, 3.63) is 33.0 Å². The van der Waals surface area contributed by atoms with Crippen LogP contribution in [0.25, 0.3) is 11.2 Å². The van der Waals surface area contributed by atoms with E-state index in [0.29, 0.717) is 17.0 Å². The van der Waals surface area contributed by atoms with Gasteiger partial charge < -0.3 is 9.67 Å². The van der Waals surface area contributed by atoms with Gasteiger partial charge in [0.15, 0.2) is 11.2 Å².